The molecule has 23 nitrogen and oxygen atoms in total. The van der Waals surface area contributed by atoms with Gasteiger partial charge in [-0.25, -0.2) is 63.5 Å². The molecule has 0 bridgehead atoms. The van der Waals surface area contributed by atoms with Gasteiger partial charge >= 0.3 is 24.1 Å². The van der Waals surface area contributed by atoms with Crippen LogP contribution in [0, 0.1) is 23.3 Å². The maximum Gasteiger partial charge on any atom is 0.414 e. The lowest BCUT2D eigenvalue weighted by Crippen LogP contribution is -2.41. The number of halogens is 4. The molecule has 0 fully saturated rings. The number of ether oxygens (including phenoxy) is 3. The molecule has 0 spiro atoms. The number of anilines is 6. The Hall–Kier alpha value is -8.86. The van der Waals surface area contributed by atoms with Gasteiger partial charge in [0.2, 0.25) is 11.9 Å². The van der Waals surface area contributed by atoms with E-state index < -0.39 is 101 Å². The van der Waals surface area contributed by atoms with Crippen molar-refractivity contribution in [3.8, 4) is 11.5 Å². The van der Waals surface area contributed by atoms with E-state index in [0.29, 0.717) is 73.7 Å². The molecule has 6 aromatic rings. The second-order valence-electron chi connectivity index (χ2n) is 19.0. The number of hydrogen-bond donors (Lipinski definition) is 4. The largest absolute Gasteiger partial charge is 0.414 e. The highest BCUT2D eigenvalue weighted by Crippen LogP contribution is 2.28. The molecule has 0 saturated carbocycles. The number of carbonyl (C=O) groups is 4. The fourth-order valence-electron chi connectivity index (χ4n) is 7.85. The first-order valence-corrected chi connectivity index (χ1v) is 29.5. The van der Waals surface area contributed by atoms with Gasteiger partial charge in [0.05, 0.1) is 39.3 Å². The highest BCUT2D eigenvalue weighted by atomic mass is 32.2. The number of benzene rings is 4. The third-order valence-corrected chi connectivity index (χ3v) is 15.6. The number of rotatable bonds is 27. The summed E-state index contributed by atoms with van der Waals surface area (Å²) in [6.45, 7) is 8.65. The molecule has 0 aliphatic rings. The molecular formula is C55H64F4N12O11S2. The van der Waals surface area contributed by atoms with E-state index in [1.54, 1.807) is 21.9 Å². The van der Waals surface area contributed by atoms with Gasteiger partial charge in [-0.05, 0) is 87.4 Å². The van der Waals surface area contributed by atoms with Gasteiger partial charge in [-0.1, -0.05) is 24.3 Å². The summed E-state index contributed by atoms with van der Waals surface area (Å²) in [5.41, 5.74) is 0.797. The third kappa shape index (κ3) is 17.8. The Labute approximate surface area is 483 Å². The van der Waals surface area contributed by atoms with Gasteiger partial charge in [-0.3, -0.25) is 0 Å². The maximum absolute atomic E-state index is 14.9. The number of carbonyl (C=O) groups excluding carboxylic acids is 4. The molecule has 0 aliphatic carbocycles. The van der Waals surface area contributed by atoms with E-state index in [9.17, 15) is 53.6 Å². The van der Waals surface area contributed by atoms with E-state index in [-0.39, 0.29) is 65.8 Å². The monoisotopic (exact) mass is 1210 g/mol. The molecular weight excluding hydrogens is 1140 g/mol. The summed E-state index contributed by atoms with van der Waals surface area (Å²) in [7, 11) is -2.76. The van der Waals surface area contributed by atoms with Gasteiger partial charge in [0.1, 0.15) is 52.7 Å². The van der Waals surface area contributed by atoms with Gasteiger partial charge in [-0.2, -0.15) is 9.97 Å². The lowest BCUT2D eigenvalue weighted by molar-refractivity contribution is -0.160. The van der Waals surface area contributed by atoms with E-state index in [4.69, 9.17) is 19.2 Å². The van der Waals surface area contributed by atoms with Crippen molar-refractivity contribution in [1.82, 2.24) is 29.7 Å². The normalized spacial score (nSPS) is 12.0. The van der Waals surface area contributed by atoms with Crippen LogP contribution in [0.25, 0.3) is 0 Å². The smallest absolute Gasteiger partial charge is 0.410 e. The van der Waals surface area contributed by atoms with Crippen molar-refractivity contribution >= 4 is 78.7 Å². The standard InChI is InChI=1S/C55H64F4N12O11S2/c1-9-70(10-2)52-61-31-46(60-21-22-83(76,77)42-27-36(56)25-37(57)28-42)48(66-52)64-44(23-34-13-17-40(18-14-34)80-54(74)68(5)6)50(72)82-51(73)45(24-35-15-19-41(20-16-35)81-55(75)69(7)8)65-49-47(32-62-53(67-49)71(11-3)12-4)63-33-84(78,79)43-29-38(58)26-39(59)30-43/h13-20,25-32,44-45,60,63H,9-12,21-24,33H2,1-8H3,(H,61,64,66)(H,62,65,67). The van der Waals surface area contributed by atoms with Crippen molar-refractivity contribution in [1.29, 1.82) is 0 Å². The molecule has 0 radical (unpaired) electrons. The lowest BCUT2D eigenvalue weighted by Gasteiger charge is -2.25. The summed E-state index contributed by atoms with van der Waals surface area (Å²) in [6.07, 6.45) is 0.693. The number of amides is 2. The van der Waals surface area contributed by atoms with Crippen molar-refractivity contribution in [2.24, 2.45) is 0 Å². The first-order valence-electron chi connectivity index (χ1n) is 26.2. The lowest BCUT2D eigenvalue weighted by atomic mass is 10.0. The molecule has 29 heteroatoms. The van der Waals surface area contributed by atoms with Gasteiger partial charge in [0.15, 0.2) is 31.3 Å². The Kier molecular flexibility index (Phi) is 22.1. The van der Waals surface area contributed by atoms with Crippen molar-refractivity contribution in [2.75, 3.05) is 104 Å². The van der Waals surface area contributed by atoms with Crippen LogP contribution in [0.2, 0.25) is 0 Å². The summed E-state index contributed by atoms with van der Waals surface area (Å²) in [5, 5.41) is 11.7. The number of sulfone groups is 2. The summed E-state index contributed by atoms with van der Waals surface area (Å²) in [5.74, 6) is -8.11. The molecule has 2 unspecified atom stereocenters. The topological polar surface area (TPSA) is 277 Å². The zero-order valence-electron chi connectivity index (χ0n) is 47.2. The average Bonchev–Trinajstić information content (AvgIpc) is 3.61. The Morgan fingerprint density at radius 1 is 0.536 bits per heavy atom. The number of nitrogens with one attached hydrogen (secondary N) is 4. The summed E-state index contributed by atoms with van der Waals surface area (Å²) in [4.78, 5) is 77.4. The summed E-state index contributed by atoms with van der Waals surface area (Å²) < 4.78 is 127. The fourth-order valence-corrected chi connectivity index (χ4v) is 10.1. The van der Waals surface area contributed by atoms with E-state index in [2.05, 4.69) is 36.2 Å². The SMILES string of the molecule is CCN(CC)c1ncc(NCCS(=O)(=O)c2cc(F)cc(F)c2)c(NC(Cc2ccc(OC(=O)N(C)C)cc2)C(=O)OC(=O)C(Cc2ccc(OC(=O)N(C)C)cc2)Nc2nc(N(CC)CC)ncc2NCS(=O)(=O)c2cc(F)cc(F)c2)n1. The third-order valence-electron chi connectivity index (χ3n) is 12.4. The second-order valence-corrected chi connectivity index (χ2v) is 23.1. The minimum atomic E-state index is -4.46. The van der Waals surface area contributed by atoms with Crippen molar-refractivity contribution in [3.05, 3.63) is 132 Å². The van der Waals surface area contributed by atoms with Crippen molar-refractivity contribution in [3.63, 3.8) is 0 Å². The first-order chi connectivity index (χ1) is 39.8. The van der Waals surface area contributed by atoms with E-state index in [1.807, 2.05) is 27.7 Å². The molecule has 84 heavy (non-hydrogen) atoms. The number of esters is 2. The van der Waals surface area contributed by atoms with Crippen LogP contribution in [0.3, 0.4) is 0 Å². The van der Waals surface area contributed by atoms with Crippen LogP contribution in [0.1, 0.15) is 38.8 Å². The van der Waals surface area contributed by atoms with Gasteiger partial charge < -0.3 is 55.1 Å². The maximum atomic E-state index is 14.9. The van der Waals surface area contributed by atoms with E-state index in [1.165, 1.54) is 86.8 Å². The zero-order chi connectivity index (χ0) is 61.5. The summed E-state index contributed by atoms with van der Waals surface area (Å²) >= 11 is 0. The van der Waals surface area contributed by atoms with Crippen LogP contribution in [-0.2, 0) is 46.8 Å². The minimum Gasteiger partial charge on any atom is -0.410 e. The highest BCUT2D eigenvalue weighted by molar-refractivity contribution is 7.91. The second kappa shape index (κ2) is 28.9. The minimum absolute atomic E-state index is 0.0539. The van der Waals surface area contributed by atoms with Gasteiger partial charge in [0, 0.05) is 85.9 Å². The van der Waals surface area contributed by atoms with Crippen LogP contribution in [-0.4, -0.2) is 155 Å². The Morgan fingerprint density at radius 3 is 1.27 bits per heavy atom. The van der Waals surface area contributed by atoms with Gasteiger partial charge in [0.25, 0.3) is 0 Å². The van der Waals surface area contributed by atoms with E-state index >= 15 is 0 Å². The van der Waals surface area contributed by atoms with Crippen LogP contribution < -0.4 is 40.5 Å². The fraction of sp³-hybridized carbons (Fsp3) is 0.345. The molecule has 2 atom stereocenters. The van der Waals surface area contributed by atoms with Crippen molar-refractivity contribution in [2.45, 2.75) is 62.4 Å². The van der Waals surface area contributed by atoms with Crippen LogP contribution in [0.5, 0.6) is 11.5 Å². The molecule has 450 valence electrons. The molecule has 6 rings (SSSR count). The van der Waals surface area contributed by atoms with Crippen LogP contribution in [0.15, 0.2) is 107 Å². The van der Waals surface area contributed by atoms with Gasteiger partial charge in [-0.15, -0.1) is 0 Å². The zero-order valence-corrected chi connectivity index (χ0v) is 48.8. The quantitative estimate of drug-likeness (QED) is 0.0226. The van der Waals surface area contributed by atoms with Crippen molar-refractivity contribution < 1.29 is 67.8 Å². The molecule has 0 saturated heterocycles. The number of hydrogen-bond acceptors (Lipinski definition) is 21. The predicted molar refractivity (Wildman–Crippen MR) is 306 cm³/mol. The molecule has 4 N–H and O–H groups in total. The Balaban J connectivity index is 1.40. The summed E-state index contributed by atoms with van der Waals surface area (Å²) in [6, 6.07) is 12.7. The number of nitrogens with zero attached hydrogens (tertiary/aromatic N) is 8. The Bertz CT molecular complexity index is 3490. The number of aromatic nitrogens is 4. The molecule has 0 aliphatic heterocycles. The Morgan fingerprint density at radius 2 is 0.905 bits per heavy atom. The van der Waals surface area contributed by atoms with E-state index in [0.717, 1.165) is 0 Å². The molecule has 4 aromatic carbocycles. The predicted octanol–water partition coefficient (Wildman–Crippen LogP) is 7.18. The molecule has 2 heterocycles. The first kappa shape index (κ1) is 64.3. The molecule has 2 aromatic heterocycles. The van der Waals surface area contributed by atoms with Crippen LogP contribution >= 0.6 is 0 Å². The van der Waals surface area contributed by atoms with Crippen LogP contribution in [0.4, 0.5) is 62.1 Å². The molecule has 2 amide bonds. The highest BCUT2D eigenvalue weighted by Gasteiger charge is 2.32. The average molecular weight is 1210 g/mol.